The summed E-state index contributed by atoms with van der Waals surface area (Å²) in [6, 6.07) is 0.365. The van der Waals surface area contributed by atoms with Crippen LogP contribution in [0, 0.1) is 0 Å². The number of hydrogen-bond donors (Lipinski definition) is 1. The highest BCUT2D eigenvalue weighted by atomic mass is 35.5. The van der Waals surface area contributed by atoms with E-state index in [1.165, 1.54) is 5.75 Å². The number of nitrogens with zero attached hydrogens (tertiary/aromatic N) is 1. The van der Waals surface area contributed by atoms with Crippen LogP contribution in [0.3, 0.4) is 0 Å². The third kappa shape index (κ3) is 4.66. The average molecular weight is 281 g/mol. The molecule has 0 bridgehead atoms. The zero-order chi connectivity index (χ0) is 11.4. The van der Waals surface area contributed by atoms with Crippen molar-refractivity contribution in [1.29, 1.82) is 0 Å². The molecule has 2 heterocycles. The van der Waals surface area contributed by atoms with E-state index in [4.69, 9.17) is 4.74 Å². The molecule has 100 valence electrons. The molecule has 0 aromatic rings. The molecule has 2 unspecified atom stereocenters. The molecule has 0 aromatic carbocycles. The lowest BCUT2D eigenvalue weighted by molar-refractivity contribution is -0.138. The average Bonchev–Trinajstić information content (AvgIpc) is 2.30. The first-order valence-corrected chi connectivity index (χ1v) is 7.11. The normalized spacial score (nSPS) is 29.6. The number of rotatable bonds is 2. The van der Waals surface area contributed by atoms with Gasteiger partial charge in [0.1, 0.15) is 0 Å². The van der Waals surface area contributed by atoms with Gasteiger partial charge in [0, 0.05) is 43.6 Å². The summed E-state index contributed by atoms with van der Waals surface area (Å²) in [5.74, 6) is 2.50. The van der Waals surface area contributed by atoms with E-state index in [1.54, 1.807) is 0 Å². The second kappa shape index (κ2) is 7.46. The van der Waals surface area contributed by atoms with Crippen molar-refractivity contribution in [3.63, 3.8) is 0 Å². The Morgan fingerprint density at radius 3 is 3.06 bits per heavy atom. The Bertz CT molecular complexity index is 250. The van der Waals surface area contributed by atoms with Crippen LogP contribution in [0.5, 0.6) is 0 Å². The Kier molecular flexibility index (Phi) is 6.62. The molecule has 0 aliphatic carbocycles. The molecule has 0 radical (unpaired) electrons. The fourth-order valence-corrected chi connectivity index (χ4v) is 3.08. The summed E-state index contributed by atoms with van der Waals surface area (Å²) < 4.78 is 5.43. The predicted molar refractivity (Wildman–Crippen MR) is 73.0 cm³/mol. The minimum absolute atomic E-state index is 0. The van der Waals surface area contributed by atoms with E-state index < -0.39 is 0 Å². The number of carbonyl (C=O) groups is 1. The van der Waals surface area contributed by atoms with Crippen LogP contribution >= 0.6 is 24.2 Å². The van der Waals surface area contributed by atoms with Crippen molar-refractivity contribution in [3.8, 4) is 0 Å². The van der Waals surface area contributed by atoms with Crippen LogP contribution in [0.4, 0.5) is 0 Å². The molecule has 1 N–H and O–H groups in total. The summed E-state index contributed by atoms with van der Waals surface area (Å²) in [7, 11) is 0. The highest BCUT2D eigenvalue weighted by Crippen LogP contribution is 2.13. The van der Waals surface area contributed by atoms with E-state index in [0.29, 0.717) is 19.1 Å². The molecular formula is C11H21ClN2O2S. The van der Waals surface area contributed by atoms with E-state index >= 15 is 0 Å². The molecule has 4 nitrogen and oxygen atoms in total. The maximum absolute atomic E-state index is 12.0. The number of halogens is 1. The van der Waals surface area contributed by atoms with Crippen molar-refractivity contribution in [2.24, 2.45) is 0 Å². The Morgan fingerprint density at radius 1 is 1.59 bits per heavy atom. The first-order valence-electron chi connectivity index (χ1n) is 5.96. The number of ether oxygens (including phenoxy) is 1. The second-order valence-corrected chi connectivity index (χ2v) is 5.60. The molecule has 1 amide bonds. The van der Waals surface area contributed by atoms with Gasteiger partial charge in [0.05, 0.1) is 12.7 Å². The zero-order valence-corrected chi connectivity index (χ0v) is 11.8. The highest BCUT2D eigenvalue weighted by Gasteiger charge is 2.24. The van der Waals surface area contributed by atoms with Crippen LogP contribution in [0.15, 0.2) is 0 Å². The standard InChI is InChI=1S/C11H20N2O2S.ClH/c1-9-7-13(3-4-15-9)11(14)6-10-8-16-5-2-12-10;/h9-10,12H,2-8H2,1H3;1H. The zero-order valence-electron chi connectivity index (χ0n) is 10.2. The van der Waals surface area contributed by atoms with Gasteiger partial charge in [-0.15, -0.1) is 12.4 Å². The lowest BCUT2D eigenvalue weighted by Gasteiger charge is -2.33. The predicted octanol–water partition coefficient (Wildman–Crippen LogP) is 0.751. The number of nitrogens with one attached hydrogen (secondary N) is 1. The molecule has 2 rings (SSSR count). The number of thioether (sulfide) groups is 1. The van der Waals surface area contributed by atoms with Gasteiger partial charge in [0.2, 0.25) is 5.91 Å². The fourth-order valence-electron chi connectivity index (χ4n) is 2.14. The summed E-state index contributed by atoms with van der Waals surface area (Å²) in [5, 5.41) is 3.40. The van der Waals surface area contributed by atoms with Crippen molar-refractivity contribution >= 4 is 30.1 Å². The molecule has 0 saturated carbocycles. The van der Waals surface area contributed by atoms with Crippen LogP contribution in [0.2, 0.25) is 0 Å². The van der Waals surface area contributed by atoms with E-state index in [0.717, 1.165) is 25.4 Å². The van der Waals surface area contributed by atoms with Gasteiger partial charge < -0.3 is 15.0 Å². The quantitative estimate of drug-likeness (QED) is 0.811. The van der Waals surface area contributed by atoms with Crippen LogP contribution in [0.1, 0.15) is 13.3 Å². The van der Waals surface area contributed by atoms with Gasteiger partial charge in [0.25, 0.3) is 0 Å². The molecule has 2 fully saturated rings. The second-order valence-electron chi connectivity index (χ2n) is 4.45. The Morgan fingerprint density at radius 2 is 2.41 bits per heavy atom. The van der Waals surface area contributed by atoms with E-state index in [9.17, 15) is 4.79 Å². The van der Waals surface area contributed by atoms with Gasteiger partial charge in [-0.05, 0) is 6.92 Å². The number of amides is 1. The lowest BCUT2D eigenvalue weighted by atomic mass is 10.2. The molecule has 2 saturated heterocycles. The fraction of sp³-hybridized carbons (Fsp3) is 0.909. The summed E-state index contributed by atoms with van der Waals surface area (Å²) in [4.78, 5) is 14.0. The van der Waals surface area contributed by atoms with E-state index in [1.807, 2.05) is 23.6 Å². The molecule has 0 spiro atoms. The Labute approximate surface area is 113 Å². The summed E-state index contributed by atoms with van der Waals surface area (Å²) in [6.45, 7) is 5.23. The van der Waals surface area contributed by atoms with Crippen molar-refractivity contribution in [1.82, 2.24) is 10.2 Å². The van der Waals surface area contributed by atoms with Crippen LogP contribution < -0.4 is 5.32 Å². The minimum Gasteiger partial charge on any atom is -0.375 e. The Balaban J connectivity index is 0.00000144. The van der Waals surface area contributed by atoms with Crippen LogP contribution in [-0.2, 0) is 9.53 Å². The first kappa shape index (κ1) is 15.1. The molecule has 17 heavy (non-hydrogen) atoms. The largest absolute Gasteiger partial charge is 0.375 e. The monoisotopic (exact) mass is 280 g/mol. The molecular weight excluding hydrogens is 260 g/mol. The van der Waals surface area contributed by atoms with Crippen molar-refractivity contribution < 1.29 is 9.53 Å². The Hall–Kier alpha value is 0.0300. The smallest absolute Gasteiger partial charge is 0.224 e. The SMILES string of the molecule is CC1CN(C(=O)CC2CSCCN2)CCO1.Cl. The number of hydrogen-bond acceptors (Lipinski definition) is 4. The van der Waals surface area contributed by atoms with E-state index in [-0.39, 0.29) is 24.4 Å². The topological polar surface area (TPSA) is 41.6 Å². The van der Waals surface area contributed by atoms with Gasteiger partial charge in [0.15, 0.2) is 0 Å². The van der Waals surface area contributed by atoms with Gasteiger partial charge >= 0.3 is 0 Å². The van der Waals surface area contributed by atoms with E-state index in [2.05, 4.69) is 5.32 Å². The third-order valence-electron chi connectivity index (χ3n) is 3.01. The molecule has 2 aliphatic rings. The summed E-state index contributed by atoms with van der Waals surface area (Å²) in [5.41, 5.74) is 0. The first-order chi connectivity index (χ1) is 7.75. The van der Waals surface area contributed by atoms with Crippen molar-refractivity contribution in [2.75, 3.05) is 37.7 Å². The van der Waals surface area contributed by atoms with Gasteiger partial charge in [-0.1, -0.05) is 0 Å². The van der Waals surface area contributed by atoms with Crippen molar-refractivity contribution in [3.05, 3.63) is 0 Å². The van der Waals surface area contributed by atoms with Crippen LogP contribution in [-0.4, -0.2) is 60.7 Å². The molecule has 0 aromatic heterocycles. The minimum atomic E-state index is 0. The molecule has 6 heteroatoms. The molecule has 2 atom stereocenters. The molecule has 2 aliphatic heterocycles. The van der Waals surface area contributed by atoms with Gasteiger partial charge in [-0.25, -0.2) is 0 Å². The maximum Gasteiger partial charge on any atom is 0.224 e. The van der Waals surface area contributed by atoms with Gasteiger partial charge in [-0.2, -0.15) is 11.8 Å². The van der Waals surface area contributed by atoms with Crippen molar-refractivity contribution in [2.45, 2.75) is 25.5 Å². The maximum atomic E-state index is 12.0. The number of morpholine rings is 1. The number of carbonyl (C=O) groups excluding carboxylic acids is 1. The highest BCUT2D eigenvalue weighted by molar-refractivity contribution is 7.99. The lowest BCUT2D eigenvalue weighted by Crippen LogP contribution is -2.48. The summed E-state index contributed by atoms with van der Waals surface area (Å²) in [6.07, 6.45) is 0.825. The third-order valence-corrected chi connectivity index (χ3v) is 4.14. The summed E-state index contributed by atoms with van der Waals surface area (Å²) >= 11 is 1.93. The van der Waals surface area contributed by atoms with Crippen LogP contribution in [0.25, 0.3) is 0 Å². The van der Waals surface area contributed by atoms with Gasteiger partial charge in [-0.3, -0.25) is 4.79 Å².